The van der Waals surface area contributed by atoms with Gasteiger partial charge >= 0.3 is 0 Å². The zero-order chi connectivity index (χ0) is 13.7. The molecule has 0 fully saturated rings. The predicted octanol–water partition coefficient (Wildman–Crippen LogP) is 1.25. The van der Waals surface area contributed by atoms with Crippen LogP contribution in [0.3, 0.4) is 0 Å². The van der Waals surface area contributed by atoms with Crippen molar-refractivity contribution in [3.8, 4) is 5.75 Å². The molecule has 3 N–H and O–H groups in total. The van der Waals surface area contributed by atoms with Gasteiger partial charge in [0.2, 0.25) is 0 Å². The fraction of sp³-hybridized carbons (Fsp3) is 0.385. The summed E-state index contributed by atoms with van der Waals surface area (Å²) in [6, 6.07) is 3.67. The summed E-state index contributed by atoms with van der Waals surface area (Å²) < 4.78 is 7.30. The first-order valence-corrected chi connectivity index (χ1v) is 6.27. The molecule has 0 spiro atoms. The van der Waals surface area contributed by atoms with Crippen LogP contribution in [0, 0.1) is 0 Å². The molecule has 19 heavy (non-hydrogen) atoms. The molecular formula is C13H19N5O. The highest BCUT2D eigenvalue weighted by atomic mass is 16.5. The summed E-state index contributed by atoms with van der Waals surface area (Å²) >= 11 is 0. The molecule has 102 valence electrons. The van der Waals surface area contributed by atoms with Crippen molar-refractivity contribution < 1.29 is 4.74 Å². The van der Waals surface area contributed by atoms with Gasteiger partial charge < -0.3 is 4.74 Å². The number of nitrogens with two attached hydrogens (primary N) is 1. The third-order valence-corrected chi connectivity index (χ3v) is 2.98. The summed E-state index contributed by atoms with van der Waals surface area (Å²) in [5, 5.41) is 4.35. The van der Waals surface area contributed by atoms with Crippen LogP contribution in [0.2, 0.25) is 0 Å². The van der Waals surface area contributed by atoms with E-state index in [4.69, 9.17) is 10.6 Å². The number of nitrogens with zero attached hydrogens (tertiary/aromatic N) is 3. The fourth-order valence-electron chi connectivity index (χ4n) is 2.11. The molecule has 1 unspecified atom stereocenters. The fourth-order valence-corrected chi connectivity index (χ4v) is 2.11. The average Bonchev–Trinajstić information content (AvgIpc) is 2.85. The van der Waals surface area contributed by atoms with Crippen LogP contribution in [0.15, 0.2) is 30.7 Å². The molecule has 2 aromatic rings. The predicted molar refractivity (Wildman–Crippen MR) is 72.5 cm³/mol. The second-order valence-electron chi connectivity index (χ2n) is 4.20. The van der Waals surface area contributed by atoms with Crippen LogP contribution in [0.1, 0.15) is 30.6 Å². The van der Waals surface area contributed by atoms with Gasteiger partial charge in [0.15, 0.2) is 5.75 Å². The number of hydrazine groups is 1. The summed E-state index contributed by atoms with van der Waals surface area (Å²) in [5.74, 6) is 6.45. The molecule has 6 nitrogen and oxygen atoms in total. The summed E-state index contributed by atoms with van der Waals surface area (Å²) in [4.78, 5) is 4.02. The van der Waals surface area contributed by atoms with E-state index in [9.17, 15) is 0 Å². The van der Waals surface area contributed by atoms with Gasteiger partial charge in [-0.25, -0.2) is 5.43 Å². The standard InChI is InChI=1S/C13H19N5O/c1-3-8-18-13(11(19-2)9-16-18)12(17-14)10-4-6-15-7-5-10/h4-7,9,12,17H,3,8,14H2,1-2H3. The number of hydrogen-bond acceptors (Lipinski definition) is 5. The second-order valence-corrected chi connectivity index (χ2v) is 4.20. The van der Waals surface area contributed by atoms with Crippen molar-refractivity contribution in [3.05, 3.63) is 42.0 Å². The van der Waals surface area contributed by atoms with Crippen molar-refractivity contribution in [2.75, 3.05) is 7.11 Å². The van der Waals surface area contributed by atoms with E-state index < -0.39 is 0 Å². The third kappa shape index (κ3) is 2.74. The summed E-state index contributed by atoms with van der Waals surface area (Å²) in [6.45, 7) is 2.93. The number of ether oxygens (including phenoxy) is 1. The van der Waals surface area contributed by atoms with E-state index in [1.165, 1.54) is 0 Å². The molecule has 0 aliphatic heterocycles. The van der Waals surface area contributed by atoms with Gasteiger partial charge in [-0.05, 0) is 24.1 Å². The molecular weight excluding hydrogens is 242 g/mol. The molecule has 0 aliphatic carbocycles. The van der Waals surface area contributed by atoms with E-state index in [0.29, 0.717) is 0 Å². The number of aryl methyl sites for hydroxylation is 1. The van der Waals surface area contributed by atoms with Crippen LogP contribution in [0.4, 0.5) is 0 Å². The lowest BCUT2D eigenvalue weighted by Gasteiger charge is -2.19. The van der Waals surface area contributed by atoms with E-state index in [1.807, 2.05) is 16.8 Å². The number of aromatic nitrogens is 3. The van der Waals surface area contributed by atoms with Crippen molar-refractivity contribution in [3.63, 3.8) is 0 Å². The van der Waals surface area contributed by atoms with Crippen LogP contribution >= 0.6 is 0 Å². The number of methoxy groups -OCH3 is 1. The Morgan fingerprint density at radius 1 is 1.42 bits per heavy atom. The number of pyridine rings is 1. The van der Waals surface area contributed by atoms with Crippen molar-refractivity contribution >= 4 is 0 Å². The summed E-state index contributed by atoms with van der Waals surface area (Å²) in [7, 11) is 1.64. The van der Waals surface area contributed by atoms with Crippen molar-refractivity contribution in [1.29, 1.82) is 0 Å². The Kier molecular flexibility index (Phi) is 4.48. The molecule has 2 heterocycles. The van der Waals surface area contributed by atoms with Gasteiger partial charge in [0.1, 0.15) is 5.69 Å². The normalized spacial score (nSPS) is 12.4. The van der Waals surface area contributed by atoms with E-state index in [2.05, 4.69) is 22.4 Å². The molecule has 1 atom stereocenters. The minimum absolute atomic E-state index is 0.174. The van der Waals surface area contributed by atoms with Crippen LogP contribution < -0.4 is 16.0 Å². The first-order chi connectivity index (χ1) is 9.31. The lowest BCUT2D eigenvalue weighted by molar-refractivity contribution is 0.398. The molecule has 0 bridgehead atoms. The highest BCUT2D eigenvalue weighted by Crippen LogP contribution is 2.29. The maximum atomic E-state index is 5.72. The van der Waals surface area contributed by atoms with Gasteiger partial charge in [-0.15, -0.1) is 0 Å². The molecule has 2 rings (SSSR count). The Morgan fingerprint density at radius 3 is 2.74 bits per heavy atom. The average molecular weight is 261 g/mol. The van der Waals surface area contributed by atoms with Crippen LogP contribution in [0.25, 0.3) is 0 Å². The quantitative estimate of drug-likeness (QED) is 0.604. The Bertz CT molecular complexity index is 511. The van der Waals surface area contributed by atoms with Crippen molar-refractivity contribution in [2.45, 2.75) is 25.9 Å². The van der Waals surface area contributed by atoms with Crippen molar-refractivity contribution in [2.24, 2.45) is 5.84 Å². The largest absolute Gasteiger partial charge is 0.493 e. The highest BCUT2D eigenvalue weighted by molar-refractivity contribution is 5.35. The van der Waals surface area contributed by atoms with E-state index in [1.54, 1.807) is 25.7 Å². The lowest BCUT2D eigenvalue weighted by Crippen LogP contribution is -2.31. The number of rotatable bonds is 6. The number of hydrogen-bond donors (Lipinski definition) is 2. The number of nitrogens with one attached hydrogen (secondary N) is 1. The molecule has 0 saturated heterocycles. The van der Waals surface area contributed by atoms with Crippen molar-refractivity contribution in [1.82, 2.24) is 20.2 Å². The van der Waals surface area contributed by atoms with Gasteiger partial charge in [0.25, 0.3) is 0 Å². The minimum Gasteiger partial charge on any atom is -0.493 e. The van der Waals surface area contributed by atoms with Crippen LogP contribution in [0.5, 0.6) is 5.75 Å². The topological polar surface area (TPSA) is 78.0 Å². The van der Waals surface area contributed by atoms with Gasteiger partial charge in [0, 0.05) is 18.9 Å². The maximum Gasteiger partial charge on any atom is 0.161 e. The smallest absolute Gasteiger partial charge is 0.161 e. The lowest BCUT2D eigenvalue weighted by atomic mass is 10.1. The molecule has 0 saturated carbocycles. The zero-order valence-corrected chi connectivity index (χ0v) is 11.2. The monoisotopic (exact) mass is 261 g/mol. The molecule has 6 heteroatoms. The zero-order valence-electron chi connectivity index (χ0n) is 11.2. The summed E-state index contributed by atoms with van der Waals surface area (Å²) in [6.07, 6.45) is 6.20. The first kappa shape index (κ1) is 13.5. The summed E-state index contributed by atoms with van der Waals surface area (Å²) in [5.41, 5.74) is 4.78. The van der Waals surface area contributed by atoms with E-state index in [0.717, 1.165) is 30.0 Å². The Balaban J connectivity index is 2.45. The highest BCUT2D eigenvalue weighted by Gasteiger charge is 2.22. The molecule has 0 radical (unpaired) electrons. The molecule has 2 aromatic heterocycles. The molecule has 0 amide bonds. The molecule has 0 aliphatic rings. The first-order valence-electron chi connectivity index (χ1n) is 6.27. The Labute approximate surface area is 112 Å². The Hall–Kier alpha value is -1.92. The van der Waals surface area contributed by atoms with Gasteiger partial charge in [-0.1, -0.05) is 6.92 Å². The van der Waals surface area contributed by atoms with Gasteiger partial charge in [-0.2, -0.15) is 5.10 Å². The third-order valence-electron chi connectivity index (χ3n) is 2.98. The van der Waals surface area contributed by atoms with Crippen LogP contribution in [-0.2, 0) is 6.54 Å². The minimum atomic E-state index is -0.174. The molecule has 0 aromatic carbocycles. The Morgan fingerprint density at radius 2 is 2.16 bits per heavy atom. The SMILES string of the molecule is CCCn1ncc(OC)c1C(NN)c1ccncc1. The van der Waals surface area contributed by atoms with E-state index in [-0.39, 0.29) is 6.04 Å². The maximum absolute atomic E-state index is 5.72. The second kappa shape index (κ2) is 6.31. The van der Waals surface area contributed by atoms with Crippen LogP contribution in [-0.4, -0.2) is 21.9 Å². The van der Waals surface area contributed by atoms with Gasteiger partial charge in [-0.3, -0.25) is 15.5 Å². The van der Waals surface area contributed by atoms with Gasteiger partial charge in [0.05, 0.1) is 19.3 Å². The van der Waals surface area contributed by atoms with E-state index >= 15 is 0 Å².